The van der Waals surface area contributed by atoms with Gasteiger partial charge in [0, 0.05) is 24.0 Å². The van der Waals surface area contributed by atoms with Crippen LogP contribution in [0.15, 0.2) is 9.85 Å². The minimum Gasteiger partial charge on any atom is -0.296 e. The smallest absolute Gasteiger partial charge is 0.0704 e. The first-order chi connectivity index (χ1) is 6.16. The van der Waals surface area contributed by atoms with Crippen molar-refractivity contribution in [2.75, 3.05) is 6.54 Å². The number of thiophene rings is 1. The molecule has 1 aromatic rings. The molecule has 1 aliphatic rings. The van der Waals surface area contributed by atoms with Crippen LogP contribution in [0.4, 0.5) is 0 Å². The van der Waals surface area contributed by atoms with Crippen molar-refractivity contribution in [3.8, 4) is 0 Å². The lowest BCUT2D eigenvalue weighted by Crippen LogP contribution is -2.35. The van der Waals surface area contributed by atoms with Crippen LogP contribution in [0, 0.1) is 0 Å². The number of nitrogens with zero attached hydrogens (tertiary/aromatic N) is 1. The van der Waals surface area contributed by atoms with Crippen LogP contribution in [0.5, 0.6) is 0 Å². The zero-order chi connectivity index (χ0) is 9.42. The van der Waals surface area contributed by atoms with Crippen molar-refractivity contribution < 1.29 is 0 Å². The fraction of sp³-hybridized carbons (Fsp3) is 0.600. The van der Waals surface area contributed by atoms with E-state index in [1.165, 1.54) is 16.8 Å². The van der Waals surface area contributed by atoms with E-state index in [1.54, 1.807) is 10.4 Å². The number of halogens is 1. The van der Waals surface area contributed by atoms with Crippen molar-refractivity contribution in [1.82, 2.24) is 4.90 Å². The summed E-state index contributed by atoms with van der Waals surface area (Å²) >= 11 is 5.44. The topological polar surface area (TPSA) is 3.24 Å². The highest BCUT2D eigenvalue weighted by molar-refractivity contribution is 9.11. The molecule has 0 radical (unpaired) electrons. The maximum absolute atomic E-state index is 3.55. The Hall–Kier alpha value is 0.140. The second-order valence-electron chi connectivity index (χ2n) is 3.81. The van der Waals surface area contributed by atoms with E-state index < -0.39 is 0 Å². The summed E-state index contributed by atoms with van der Waals surface area (Å²) in [6, 6.07) is 2.95. The zero-order valence-electron chi connectivity index (χ0n) is 8.01. The lowest BCUT2D eigenvalue weighted by molar-refractivity contribution is 0.206. The maximum atomic E-state index is 3.55. The van der Waals surface area contributed by atoms with Gasteiger partial charge < -0.3 is 0 Å². The van der Waals surface area contributed by atoms with Gasteiger partial charge in [-0.25, -0.2) is 0 Å². The summed E-state index contributed by atoms with van der Waals surface area (Å²) < 4.78 is 1.28. The van der Waals surface area contributed by atoms with Gasteiger partial charge in [0.2, 0.25) is 0 Å². The summed E-state index contributed by atoms with van der Waals surface area (Å²) in [5.41, 5.74) is 1.55. The third-order valence-electron chi connectivity index (χ3n) is 2.61. The van der Waals surface area contributed by atoms with Gasteiger partial charge in [-0.05, 0) is 47.8 Å². The van der Waals surface area contributed by atoms with E-state index in [1.807, 2.05) is 11.3 Å². The molecule has 0 saturated heterocycles. The van der Waals surface area contributed by atoms with Gasteiger partial charge in [-0.3, -0.25) is 4.90 Å². The molecule has 0 unspecified atom stereocenters. The van der Waals surface area contributed by atoms with Crippen LogP contribution in [0.1, 0.15) is 24.3 Å². The Balaban J connectivity index is 2.19. The molecule has 13 heavy (non-hydrogen) atoms. The highest BCUT2D eigenvalue weighted by atomic mass is 79.9. The average molecular weight is 260 g/mol. The predicted octanol–water partition coefficient (Wildman–Crippen LogP) is 3.28. The third kappa shape index (κ3) is 1.97. The first kappa shape index (κ1) is 9.69. The summed E-state index contributed by atoms with van der Waals surface area (Å²) in [4.78, 5) is 4.08. The van der Waals surface area contributed by atoms with Crippen molar-refractivity contribution in [3.63, 3.8) is 0 Å². The summed E-state index contributed by atoms with van der Waals surface area (Å²) in [7, 11) is 0. The molecule has 2 heterocycles. The lowest BCUT2D eigenvalue weighted by atomic mass is 10.1. The van der Waals surface area contributed by atoms with Crippen molar-refractivity contribution in [2.24, 2.45) is 0 Å². The Morgan fingerprint density at radius 3 is 3.00 bits per heavy atom. The standard InChI is InChI=1S/C10H14BrNS/c1-7(2)12-4-3-8-5-10(11)13-9(8)6-12/h5,7H,3-4,6H2,1-2H3. The molecule has 0 spiro atoms. The molecule has 0 aromatic carbocycles. The van der Waals surface area contributed by atoms with E-state index in [-0.39, 0.29) is 0 Å². The normalized spacial score (nSPS) is 17.8. The highest BCUT2D eigenvalue weighted by Gasteiger charge is 2.19. The van der Waals surface area contributed by atoms with Crippen LogP contribution in [0.3, 0.4) is 0 Å². The summed E-state index contributed by atoms with van der Waals surface area (Å²) in [6.07, 6.45) is 1.22. The first-order valence-corrected chi connectivity index (χ1v) is 6.29. The van der Waals surface area contributed by atoms with Crippen molar-refractivity contribution in [2.45, 2.75) is 32.9 Å². The molecule has 3 heteroatoms. The second-order valence-corrected chi connectivity index (χ2v) is 6.33. The van der Waals surface area contributed by atoms with E-state index in [0.717, 1.165) is 6.54 Å². The van der Waals surface area contributed by atoms with Gasteiger partial charge in [0.05, 0.1) is 3.79 Å². The Morgan fingerprint density at radius 2 is 2.31 bits per heavy atom. The molecule has 0 aliphatic carbocycles. The third-order valence-corrected chi connectivity index (χ3v) is 4.28. The number of hydrogen-bond acceptors (Lipinski definition) is 2. The van der Waals surface area contributed by atoms with E-state index in [4.69, 9.17) is 0 Å². The minimum atomic E-state index is 0.675. The Bertz CT molecular complexity index is 306. The molecule has 0 saturated carbocycles. The van der Waals surface area contributed by atoms with Gasteiger partial charge >= 0.3 is 0 Å². The lowest BCUT2D eigenvalue weighted by Gasteiger charge is -2.29. The minimum absolute atomic E-state index is 0.675. The number of hydrogen-bond donors (Lipinski definition) is 0. The first-order valence-electron chi connectivity index (χ1n) is 4.68. The molecule has 0 fully saturated rings. The van der Waals surface area contributed by atoms with Gasteiger partial charge in [-0.15, -0.1) is 11.3 Å². The Kier molecular flexibility index (Phi) is 2.77. The monoisotopic (exact) mass is 259 g/mol. The number of fused-ring (bicyclic) bond motifs is 1. The molecule has 2 rings (SSSR count). The zero-order valence-corrected chi connectivity index (χ0v) is 10.4. The molecule has 1 nitrogen and oxygen atoms in total. The summed E-state index contributed by atoms with van der Waals surface area (Å²) in [5, 5.41) is 0. The van der Waals surface area contributed by atoms with Gasteiger partial charge in [0.1, 0.15) is 0 Å². The molecule has 72 valence electrons. The van der Waals surface area contributed by atoms with Gasteiger partial charge in [0.25, 0.3) is 0 Å². The van der Waals surface area contributed by atoms with Crippen molar-refractivity contribution in [1.29, 1.82) is 0 Å². The molecule has 0 amide bonds. The van der Waals surface area contributed by atoms with Crippen LogP contribution < -0.4 is 0 Å². The van der Waals surface area contributed by atoms with Gasteiger partial charge in [-0.2, -0.15) is 0 Å². The highest BCUT2D eigenvalue weighted by Crippen LogP contribution is 2.31. The fourth-order valence-corrected chi connectivity index (χ4v) is 3.57. The average Bonchev–Trinajstić information content (AvgIpc) is 2.42. The van der Waals surface area contributed by atoms with Crippen molar-refractivity contribution >= 4 is 27.3 Å². The predicted molar refractivity (Wildman–Crippen MR) is 61.3 cm³/mol. The van der Waals surface area contributed by atoms with Crippen LogP contribution in [0.2, 0.25) is 0 Å². The van der Waals surface area contributed by atoms with Crippen molar-refractivity contribution in [3.05, 3.63) is 20.3 Å². The van der Waals surface area contributed by atoms with Gasteiger partial charge in [0.15, 0.2) is 0 Å². The quantitative estimate of drug-likeness (QED) is 0.749. The van der Waals surface area contributed by atoms with E-state index in [0.29, 0.717) is 6.04 Å². The second kappa shape index (κ2) is 3.71. The summed E-state index contributed by atoms with van der Waals surface area (Å²) in [6.45, 7) is 6.90. The van der Waals surface area contributed by atoms with Crippen LogP contribution in [0.25, 0.3) is 0 Å². The molecular weight excluding hydrogens is 246 g/mol. The summed E-state index contributed by atoms with van der Waals surface area (Å²) in [5.74, 6) is 0. The van der Waals surface area contributed by atoms with E-state index in [9.17, 15) is 0 Å². The Labute approximate surface area is 91.9 Å². The molecule has 0 bridgehead atoms. The van der Waals surface area contributed by atoms with Crippen LogP contribution >= 0.6 is 27.3 Å². The molecule has 0 N–H and O–H groups in total. The Morgan fingerprint density at radius 1 is 1.54 bits per heavy atom. The molecule has 0 atom stereocenters. The number of rotatable bonds is 1. The van der Waals surface area contributed by atoms with Crippen LogP contribution in [-0.2, 0) is 13.0 Å². The molecular formula is C10H14BrNS. The van der Waals surface area contributed by atoms with E-state index >= 15 is 0 Å². The maximum Gasteiger partial charge on any atom is 0.0704 e. The largest absolute Gasteiger partial charge is 0.296 e. The molecule has 1 aliphatic heterocycles. The SMILES string of the molecule is CC(C)N1CCc2cc(Br)sc2C1. The van der Waals surface area contributed by atoms with E-state index in [2.05, 4.69) is 40.7 Å². The van der Waals surface area contributed by atoms with Crippen LogP contribution in [-0.4, -0.2) is 17.5 Å². The molecule has 1 aromatic heterocycles. The van der Waals surface area contributed by atoms with Gasteiger partial charge in [-0.1, -0.05) is 0 Å². The fourth-order valence-electron chi connectivity index (χ4n) is 1.74.